The third-order valence-corrected chi connectivity index (χ3v) is 4.09. The largest absolute Gasteiger partial charge is 0.389 e. The Morgan fingerprint density at radius 2 is 1.79 bits per heavy atom. The first kappa shape index (κ1) is 25.4. The number of primary amides is 1. The molecule has 4 heteroatoms. The first-order valence-electron chi connectivity index (χ1n) is 9.22. The molecule has 2 atom stereocenters. The molecule has 0 unspecified atom stereocenters. The summed E-state index contributed by atoms with van der Waals surface area (Å²) >= 11 is 0. The number of aliphatic hydroxyl groups is 2. The summed E-state index contributed by atoms with van der Waals surface area (Å²) in [5.74, 6) is 5.04. The van der Waals surface area contributed by atoms with Gasteiger partial charge in [-0.2, -0.15) is 0 Å². The molecule has 0 spiro atoms. The van der Waals surface area contributed by atoms with Gasteiger partial charge in [-0.05, 0) is 52.7 Å². The molecule has 0 aromatic rings. The quantitative estimate of drug-likeness (QED) is 0.397. The second-order valence-corrected chi connectivity index (χ2v) is 7.04. The topological polar surface area (TPSA) is 83.6 Å². The number of carbonyl (C=O) groups is 1. The van der Waals surface area contributed by atoms with E-state index >= 15 is 0 Å². The van der Waals surface area contributed by atoms with Crippen molar-refractivity contribution in [3.63, 3.8) is 0 Å². The molecule has 0 aliphatic carbocycles. The average Bonchev–Trinajstić information content (AvgIpc) is 2.63. The summed E-state index contributed by atoms with van der Waals surface area (Å²) in [5.41, 5.74) is 5.89. The van der Waals surface area contributed by atoms with Crippen LogP contribution in [0.1, 0.15) is 41.0 Å². The Balaban J connectivity index is 4.64. The lowest BCUT2D eigenvalue weighted by atomic mass is 9.82. The Labute approximate surface area is 169 Å². The van der Waals surface area contributed by atoms with Gasteiger partial charge in [-0.15, -0.1) is 5.92 Å². The number of rotatable bonds is 10. The number of amides is 1. The van der Waals surface area contributed by atoms with E-state index in [4.69, 9.17) is 5.73 Å². The van der Waals surface area contributed by atoms with E-state index in [2.05, 4.69) is 11.8 Å². The smallest absolute Gasteiger partial charge is 0.226 e. The first-order valence-corrected chi connectivity index (χ1v) is 9.22. The van der Waals surface area contributed by atoms with E-state index in [0.29, 0.717) is 12.0 Å². The zero-order valence-corrected chi connectivity index (χ0v) is 17.5. The summed E-state index contributed by atoms with van der Waals surface area (Å²) in [5, 5.41) is 20.2. The van der Waals surface area contributed by atoms with Gasteiger partial charge in [0.2, 0.25) is 5.91 Å². The number of hydrogen-bond acceptors (Lipinski definition) is 3. The molecule has 0 fully saturated rings. The monoisotopic (exact) mass is 383 g/mol. The fraction of sp³-hybridized carbons (Fsp3) is 0.375. The van der Waals surface area contributed by atoms with E-state index in [1.807, 2.05) is 43.4 Å². The third kappa shape index (κ3) is 10.5. The van der Waals surface area contributed by atoms with Crippen molar-refractivity contribution in [3.05, 3.63) is 71.9 Å². The molecular weight excluding hydrogens is 350 g/mol. The molecule has 0 aliphatic rings. The van der Waals surface area contributed by atoms with Gasteiger partial charge >= 0.3 is 0 Å². The van der Waals surface area contributed by atoms with Crippen LogP contribution in [-0.2, 0) is 4.79 Å². The second-order valence-electron chi connectivity index (χ2n) is 7.04. The Kier molecular flexibility index (Phi) is 12.3. The molecule has 0 aromatic heterocycles. The van der Waals surface area contributed by atoms with Crippen molar-refractivity contribution in [2.24, 2.45) is 11.1 Å². The Hall–Kier alpha value is -2.61. The van der Waals surface area contributed by atoms with Gasteiger partial charge < -0.3 is 15.9 Å². The molecule has 0 bridgehead atoms. The summed E-state index contributed by atoms with van der Waals surface area (Å²) in [6, 6.07) is 0. The molecule has 0 saturated heterocycles. The van der Waals surface area contributed by atoms with Crippen LogP contribution >= 0.6 is 0 Å². The van der Waals surface area contributed by atoms with Crippen molar-refractivity contribution in [3.8, 4) is 11.8 Å². The van der Waals surface area contributed by atoms with Crippen LogP contribution in [0.3, 0.4) is 0 Å². The van der Waals surface area contributed by atoms with Gasteiger partial charge in [0.25, 0.3) is 0 Å². The molecule has 0 aliphatic heterocycles. The number of allylic oxidation sites excluding steroid dienone is 9. The first-order chi connectivity index (χ1) is 13.1. The lowest BCUT2D eigenvalue weighted by molar-refractivity contribution is -0.130. The normalized spacial score (nSPS) is 16.1. The van der Waals surface area contributed by atoms with E-state index in [0.717, 1.165) is 5.57 Å². The molecule has 1 amide bonds. The van der Waals surface area contributed by atoms with Crippen molar-refractivity contribution >= 4 is 5.91 Å². The average molecular weight is 384 g/mol. The second kappa shape index (κ2) is 13.5. The SMILES string of the molecule is CC#C/C=C\C=C\C[C@@H](O)/C=C(C)/C=C/C=C/C=C(\C)[C@@H](O)C(C)(C)C(N)=O. The van der Waals surface area contributed by atoms with Crippen molar-refractivity contribution in [1.29, 1.82) is 0 Å². The summed E-state index contributed by atoms with van der Waals surface area (Å²) in [6.07, 6.45) is 17.2. The van der Waals surface area contributed by atoms with Crippen LogP contribution < -0.4 is 5.73 Å². The van der Waals surface area contributed by atoms with Gasteiger partial charge in [0.1, 0.15) is 0 Å². The highest BCUT2D eigenvalue weighted by Gasteiger charge is 2.34. The van der Waals surface area contributed by atoms with E-state index in [1.165, 1.54) is 0 Å². The highest BCUT2D eigenvalue weighted by Crippen LogP contribution is 2.25. The van der Waals surface area contributed by atoms with Gasteiger partial charge in [-0.1, -0.05) is 66.2 Å². The molecule has 4 N–H and O–H groups in total. The number of hydrogen-bond donors (Lipinski definition) is 3. The van der Waals surface area contributed by atoms with Crippen molar-refractivity contribution in [2.45, 2.75) is 53.2 Å². The van der Waals surface area contributed by atoms with Gasteiger partial charge in [0.15, 0.2) is 0 Å². The van der Waals surface area contributed by atoms with Crippen LogP contribution in [0.15, 0.2) is 71.9 Å². The van der Waals surface area contributed by atoms with Crippen molar-refractivity contribution in [1.82, 2.24) is 0 Å². The highest BCUT2D eigenvalue weighted by atomic mass is 16.3. The summed E-state index contributed by atoms with van der Waals surface area (Å²) in [6.45, 7) is 8.67. The molecule has 0 saturated carbocycles. The Morgan fingerprint density at radius 1 is 1.11 bits per heavy atom. The maximum atomic E-state index is 11.4. The molecule has 0 aromatic carbocycles. The third-order valence-electron chi connectivity index (χ3n) is 4.09. The summed E-state index contributed by atoms with van der Waals surface area (Å²) in [4.78, 5) is 11.4. The van der Waals surface area contributed by atoms with Crippen LogP contribution in [0.5, 0.6) is 0 Å². The maximum Gasteiger partial charge on any atom is 0.226 e. The number of nitrogens with two attached hydrogens (primary N) is 1. The number of aliphatic hydroxyl groups excluding tert-OH is 2. The van der Waals surface area contributed by atoms with E-state index in [9.17, 15) is 15.0 Å². The summed E-state index contributed by atoms with van der Waals surface area (Å²) < 4.78 is 0. The van der Waals surface area contributed by atoms with Gasteiger partial charge in [-0.3, -0.25) is 4.79 Å². The molecule has 4 nitrogen and oxygen atoms in total. The minimum absolute atomic E-state index is 0.528. The predicted molar refractivity (Wildman–Crippen MR) is 117 cm³/mol. The molecular formula is C24H33NO3. The van der Waals surface area contributed by atoms with Crippen LogP contribution in [-0.4, -0.2) is 28.3 Å². The fourth-order valence-electron chi connectivity index (χ4n) is 2.18. The van der Waals surface area contributed by atoms with Crippen molar-refractivity contribution < 1.29 is 15.0 Å². The zero-order valence-electron chi connectivity index (χ0n) is 17.5. The van der Waals surface area contributed by atoms with E-state index in [1.54, 1.807) is 52.0 Å². The van der Waals surface area contributed by atoms with Crippen LogP contribution in [0.4, 0.5) is 0 Å². The lowest BCUT2D eigenvalue weighted by Crippen LogP contribution is -2.42. The Morgan fingerprint density at radius 3 is 2.39 bits per heavy atom. The minimum Gasteiger partial charge on any atom is -0.389 e. The predicted octanol–water partition coefficient (Wildman–Crippen LogP) is 3.75. The molecule has 0 heterocycles. The fourth-order valence-corrected chi connectivity index (χ4v) is 2.18. The van der Waals surface area contributed by atoms with Gasteiger partial charge in [0, 0.05) is 0 Å². The van der Waals surface area contributed by atoms with E-state index < -0.39 is 23.5 Å². The molecule has 0 rings (SSSR count). The van der Waals surface area contributed by atoms with Gasteiger partial charge in [0.05, 0.1) is 17.6 Å². The standard InChI is InChI=1S/C24H33NO3/c1-6-7-8-9-10-14-17-21(26)18-19(2)15-12-11-13-16-20(3)22(27)24(4,5)23(25)28/h8-16,18,21-22,26-27H,17H2,1-5H3,(H2,25,28)/b9-8-,13-11+,14-10+,15-12+,19-18+,20-16+/t21-,22-/m1/s1. The van der Waals surface area contributed by atoms with Crippen molar-refractivity contribution in [2.75, 3.05) is 0 Å². The summed E-state index contributed by atoms with van der Waals surface area (Å²) in [7, 11) is 0. The van der Waals surface area contributed by atoms with Crippen LogP contribution in [0.25, 0.3) is 0 Å². The minimum atomic E-state index is -1.02. The Bertz CT molecular complexity index is 738. The van der Waals surface area contributed by atoms with E-state index in [-0.39, 0.29) is 0 Å². The molecule has 0 radical (unpaired) electrons. The lowest BCUT2D eigenvalue weighted by Gasteiger charge is -2.27. The maximum absolute atomic E-state index is 11.4. The molecule has 28 heavy (non-hydrogen) atoms. The van der Waals surface area contributed by atoms with Crippen LogP contribution in [0.2, 0.25) is 0 Å². The molecule has 152 valence electrons. The van der Waals surface area contributed by atoms with Gasteiger partial charge in [-0.25, -0.2) is 0 Å². The highest BCUT2D eigenvalue weighted by molar-refractivity contribution is 5.81. The zero-order chi connectivity index (χ0) is 21.6. The van der Waals surface area contributed by atoms with Crippen LogP contribution in [0, 0.1) is 17.3 Å². The number of carbonyl (C=O) groups excluding carboxylic acids is 1.